The van der Waals surface area contributed by atoms with E-state index in [4.69, 9.17) is 4.74 Å². The molecule has 6 nitrogen and oxygen atoms in total. The fourth-order valence-corrected chi connectivity index (χ4v) is 4.47. The summed E-state index contributed by atoms with van der Waals surface area (Å²) >= 11 is 0. The number of aliphatic imine (C=N–C) groups is 1. The second-order valence-electron chi connectivity index (χ2n) is 8.73. The van der Waals surface area contributed by atoms with Crippen LogP contribution in [0.4, 0.5) is 0 Å². The van der Waals surface area contributed by atoms with E-state index in [1.165, 1.54) is 18.4 Å². The van der Waals surface area contributed by atoms with E-state index in [0.29, 0.717) is 12.6 Å². The molecule has 0 aromatic heterocycles. The number of likely N-dealkylation sites (tertiary alicyclic amines) is 1. The largest absolute Gasteiger partial charge is 0.396 e. The van der Waals surface area contributed by atoms with Crippen molar-refractivity contribution in [3.63, 3.8) is 0 Å². The summed E-state index contributed by atoms with van der Waals surface area (Å²) in [5.74, 6) is 1.64. The lowest BCUT2D eigenvalue weighted by molar-refractivity contribution is 0.127. The number of hydrogen-bond donors (Lipinski definition) is 3. The zero-order chi connectivity index (χ0) is 20.5. The van der Waals surface area contributed by atoms with E-state index in [1.54, 1.807) is 0 Å². The summed E-state index contributed by atoms with van der Waals surface area (Å²) in [5, 5.41) is 16.5. The lowest BCUT2D eigenvalue weighted by Crippen LogP contribution is -2.47. The minimum atomic E-state index is 0.00814. The molecule has 29 heavy (non-hydrogen) atoms. The second kappa shape index (κ2) is 11.0. The Kier molecular flexibility index (Phi) is 8.33. The van der Waals surface area contributed by atoms with Gasteiger partial charge in [0.2, 0.25) is 0 Å². The normalized spacial score (nSPS) is 25.1. The summed E-state index contributed by atoms with van der Waals surface area (Å²) in [4.78, 5) is 7.04. The van der Waals surface area contributed by atoms with E-state index in [1.807, 2.05) is 7.05 Å². The first kappa shape index (κ1) is 22.1. The summed E-state index contributed by atoms with van der Waals surface area (Å²) < 4.78 is 5.60. The van der Waals surface area contributed by atoms with Crippen LogP contribution in [0.15, 0.2) is 35.3 Å². The number of benzene rings is 1. The van der Waals surface area contributed by atoms with Crippen LogP contribution < -0.4 is 10.6 Å². The molecule has 162 valence electrons. The van der Waals surface area contributed by atoms with Crippen LogP contribution in [0.5, 0.6) is 0 Å². The van der Waals surface area contributed by atoms with Gasteiger partial charge in [-0.25, -0.2) is 0 Å². The third-order valence-electron chi connectivity index (χ3n) is 6.59. The predicted octanol–water partition coefficient (Wildman–Crippen LogP) is 2.41. The van der Waals surface area contributed by atoms with Gasteiger partial charge in [-0.15, -0.1) is 0 Å². The molecule has 1 aromatic carbocycles. The monoisotopic (exact) mass is 402 g/mol. The summed E-state index contributed by atoms with van der Waals surface area (Å²) in [6, 6.07) is 11.1. The molecule has 2 aliphatic heterocycles. The highest BCUT2D eigenvalue weighted by molar-refractivity contribution is 5.79. The molecule has 0 spiro atoms. The molecule has 0 aliphatic carbocycles. The van der Waals surface area contributed by atoms with Crippen molar-refractivity contribution < 1.29 is 9.84 Å². The van der Waals surface area contributed by atoms with Gasteiger partial charge >= 0.3 is 0 Å². The number of hydrogen-bond acceptors (Lipinski definition) is 4. The van der Waals surface area contributed by atoms with E-state index in [2.05, 4.69) is 57.8 Å². The number of aliphatic hydroxyl groups is 1. The summed E-state index contributed by atoms with van der Waals surface area (Å²) in [6.45, 7) is 7.91. The predicted molar refractivity (Wildman–Crippen MR) is 118 cm³/mol. The molecule has 3 rings (SSSR count). The molecule has 6 heteroatoms. The Hall–Kier alpha value is -1.63. The first-order valence-electron chi connectivity index (χ1n) is 11.1. The molecule has 2 aliphatic rings. The minimum absolute atomic E-state index is 0.00814. The summed E-state index contributed by atoms with van der Waals surface area (Å²) in [6.07, 6.45) is 4.27. The van der Waals surface area contributed by atoms with Crippen molar-refractivity contribution in [1.29, 1.82) is 0 Å². The molecule has 1 aromatic rings. The molecule has 3 N–H and O–H groups in total. The topological polar surface area (TPSA) is 69.1 Å². The standard InChI is InChI=1S/C23H38N4O2/c1-19-8-12-27(13-9-19)21(20-6-4-3-5-7-20)16-25-22(24-2)26-17-23(10-14-28)11-15-29-18-23/h3-7,19,21,28H,8-18H2,1-2H3,(H2,24,25,26). The van der Waals surface area contributed by atoms with E-state index in [-0.39, 0.29) is 12.0 Å². The molecule has 2 atom stereocenters. The van der Waals surface area contributed by atoms with Crippen molar-refractivity contribution >= 4 is 5.96 Å². The van der Waals surface area contributed by atoms with Gasteiger partial charge in [0.05, 0.1) is 12.6 Å². The lowest BCUT2D eigenvalue weighted by Gasteiger charge is -2.37. The van der Waals surface area contributed by atoms with Crippen LogP contribution in [-0.2, 0) is 4.74 Å². The van der Waals surface area contributed by atoms with Crippen LogP contribution in [0.25, 0.3) is 0 Å². The number of guanidine groups is 1. The van der Waals surface area contributed by atoms with Crippen molar-refractivity contribution in [2.24, 2.45) is 16.3 Å². The van der Waals surface area contributed by atoms with E-state index in [9.17, 15) is 5.11 Å². The van der Waals surface area contributed by atoms with Gasteiger partial charge in [-0.2, -0.15) is 0 Å². The van der Waals surface area contributed by atoms with Gasteiger partial charge in [0, 0.05) is 38.8 Å². The third kappa shape index (κ3) is 6.17. The van der Waals surface area contributed by atoms with Gasteiger partial charge < -0.3 is 20.5 Å². The number of ether oxygens (including phenoxy) is 1. The van der Waals surface area contributed by atoms with Gasteiger partial charge in [0.15, 0.2) is 5.96 Å². The SMILES string of the molecule is CN=C(NCC(c1ccccc1)N1CCC(C)CC1)NCC1(CCO)CCOC1. The van der Waals surface area contributed by atoms with Crippen molar-refractivity contribution in [3.8, 4) is 0 Å². The van der Waals surface area contributed by atoms with Crippen LogP contribution in [0.1, 0.15) is 44.2 Å². The zero-order valence-electron chi connectivity index (χ0n) is 18.1. The highest BCUT2D eigenvalue weighted by Gasteiger charge is 2.34. The quantitative estimate of drug-likeness (QED) is 0.460. The van der Waals surface area contributed by atoms with Gasteiger partial charge in [0.25, 0.3) is 0 Å². The number of aliphatic hydroxyl groups excluding tert-OH is 1. The Bertz CT molecular complexity index is 623. The molecule has 2 fully saturated rings. The first-order valence-corrected chi connectivity index (χ1v) is 11.1. The van der Waals surface area contributed by atoms with Gasteiger partial charge in [-0.05, 0) is 50.3 Å². The Labute approximate surface area is 175 Å². The van der Waals surface area contributed by atoms with Crippen LogP contribution >= 0.6 is 0 Å². The molecule has 2 unspecified atom stereocenters. The van der Waals surface area contributed by atoms with Crippen LogP contribution in [0.3, 0.4) is 0 Å². The van der Waals surface area contributed by atoms with Gasteiger partial charge in [-0.1, -0.05) is 37.3 Å². The minimum Gasteiger partial charge on any atom is -0.396 e. The molecule has 0 saturated carbocycles. The van der Waals surface area contributed by atoms with Crippen molar-refractivity contribution in [3.05, 3.63) is 35.9 Å². The zero-order valence-corrected chi connectivity index (χ0v) is 18.1. The first-order chi connectivity index (χ1) is 14.2. The highest BCUT2D eigenvalue weighted by Crippen LogP contribution is 2.31. The molecule has 0 radical (unpaired) electrons. The number of nitrogens with zero attached hydrogens (tertiary/aromatic N) is 2. The Morgan fingerprint density at radius 2 is 2.03 bits per heavy atom. The maximum absolute atomic E-state index is 9.44. The van der Waals surface area contributed by atoms with E-state index >= 15 is 0 Å². The average Bonchev–Trinajstić information content (AvgIpc) is 3.21. The molecular weight excluding hydrogens is 364 g/mol. The van der Waals surface area contributed by atoms with Crippen molar-refractivity contribution in [2.75, 3.05) is 53.0 Å². The second-order valence-corrected chi connectivity index (χ2v) is 8.73. The third-order valence-corrected chi connectivity index (χ3v) is 6.59. The molecule has 2 saturated heterocycles. The maximum atomic E-state index is 9.44. The van der Waals surface area contributed by atoms with Crippen molar-refractivity contribution in [2.45, 2.75) is 38.6 Å². The Morgan fingerprint density at radius 1 is 1.28 bits per heavy atom. The number of nitrogens with one attached hydrogen (secondary N) is 2. The van der Waals surface area contributed by atoms with Crippen LogP contribution in [0.2, 0.25) is 0 Å². The fourth-order valence-electron chi connectivity index (χ4n) is 4.47. The Morgan fingerprint density at radius 3 is 2.66 bits per heavy atom. The number of piperidine rings is 1. The van der Waals surface area contributed by atoms with E-state index < -0.39 is 0 Å². The number of rotatable bonds is 8. The van der Waals surface area contributed by atoms with Gasteiger partial charge in [0.1, 0.15) is 0 Å². The smallest absolute Gasteiger partial charge is 0.191 e. The Balaban J connectivity index is 1.60. The molecular formula is C23H38N4O2. The fraction of sp³-hybridized carbons (Fsp3) is 0.696. The summed E-state index contributed by atoms with van der Waals surface area (Å²) in [5.41, 5.74) is 1.36. The summed E-state index contributed by atoms with van der Waals surface area (Å²) in [7, 11) is 1.82. The van der Waals surface area contributed by atoms with Crippen molar-refractivity contribution in [1.82, 2.24) is 15.5 Å². The van der Waals surface area contributed by atoms with E-state index in [0.717, 1.165) is 57.5 Å². The highest BCUT2D eigenvalue weighted by atomic mass is 16.5. The molecule has 0 bridgehead atoms. The average molecular weight is 403 g/mol. The van der Waals surface area contributed by atoms with Gasteiger partial charge in [-0.3, -0.25) is 9.89 Å². The molecule has 2 heterocycles. The molecule has 0 amide bonds. The van der Waals surface area contributed by atoms with Crippen LogP contribution in [0, 0.1) is 11.3 Å². The van der Waals surface area contributed by atoms with Crippen LogP contribution in [-0.4, -0.2) is 69.0 Å². The maximum Gasteiger partial charge on any atom is 0.191 e. The lowest BCUT2D eigenvalue weighted by atomic mass is 9.84.